The lowest BCUT2D eigenvalue weighted by Gasteiger charge is -2.16. The number of benzene rings is 3. The van der Waals surface area contributed by atoms with Crippen LogP contribution in [0.5, 0.6) is 0 Å². The molecule has 5 rings (SSSR count). The molecule has 0 atom stereocenters. The second-order valence-corrected chi connectivity index (χ2v) is 7.99. The molecule has 1 amide bonds. The summed E-state index contributed by atoms with van der Waals surface area (Å²) in [5.74, 6) is -0.139. The third-order valence-corrected chi connectivity index (χ3v) is 6.05. The molecule has 5 heteroatoms. The summed E-state index contributed by atoms with van der Waals surface area (Å²) in [6, 6.07) is 20.9. The summed E-state index contributed by atoms with van der Waals surface area (Å²) in [6.45, 7) is 0.434. The van der Waals surface area contributed by atoms with E-state index >= 15 is 0 Å². The van der Waals surface area contributed by atoms with Crippen LogP contribution >= 0.6 is 11.3 Å². The van der Waals surface area contributed by atoms with Crippen molar-refractivity contribution in [3.8, 4) is 11.1 Å². The van der Waals surface area contributed by atoms with Crippen LogP contribution in [-0.4, -0.2) is 28.6 Å². The van der Waals surface area contributed by atoms with Crippen molar-refractivity contribution in [1.29, 1.82) is 0 Å². The van der Waals surface area contributed by atoms with E-state index in [4.69, 9.17) is 0 Å². The highest BCUT2D eigenvalue weighted by molar-refractivity contribution is 7.18. The van der Waals surface area contributed by atoms with E-state index in [2.05, 4.69) is 4.98 Å². The number of aromatic nitrogens is 1. The summed E-state index contributed by atoms with van der Waals surface area (Å²) < 4.78 is 1.11. The fourth-order valence-electron chi connectivity index (χ4n) is 3.64. The van der Waals surface area contributed by atoms with Gasteiger partial charge < -0.3 is 4.90 Å². The molecule has 0 N–H and O–H groups in total. The van der Waals surface area contributed by atoms with Crippen LogP contribution in [0.2, 0.25) is 0 Å². The molecule has 1 aliphatic rings. The van der Waals surface area contributed by atoms with E-state index in [1.54, 1.807) is 35.4 Å². The van der Waals surface area contributed by atoms with Crippen LogP contribution in [0.25, 0.3) is 21.3 Å². The van der Waals surface area contributed by atoms with Crippen LogP contribution in [0.3, 0.4) is 0 Å². The fourth-order valence-corrected chi connectivity index (χ4v) is 4.66. The number of rotatable bonds is 3. The molecule has 1 aliphatic carbocycles. The highest BCUT2D eigenvalue weighted by Crippen LogP contribution is 2.36. The zero-order valence-corrected chi connectivity index (χ0v) is 16.0. The van der Waals surface area contributed by atoms with Crippen LogP contribution in [0.1, 0.15) is 31.3 Å². The molecule has 0 unspecified atom stereocenters. The molecule has 3 aromatic carbocycles. The van der Waals surface area contributed by atoms with Crippen molar-refractivity contribution in [2.45, 2.75) is 6.54 Å². The number of carbonyl (C=O) groups is 2. The molecule has 28 heavy (non-hydrogen) atoms. The standard InChI is InChI=1S/C23H16N2O2S/c1-25(13-21-24-19-8-4-5-9-20(19)28-21)23(27)14-10-11-16-15-6-2-3-7-17(15)22(26)18(16)12-14/h2-12H,13H2,1H3. The largest absolute Gasteiger partial charge is 0.335 e. The summed E-state index contributed by atoms with van der Waals surface area (Å²) in [6.07, 6.45) is 0. The Bertz CT molecular complexity index is 1230. The van der Waals surface area contributed by atoms with Gasteiger partial charge in [0.15, 0.2) is 5.78 Å². The van der Waals surface area contributed by atoms with Crippen molar-refractivity contribution in [3.63, 3.8) is 0 Å². The second-order valence-electron chi connectivity index (χ2n) is 6.87. The lowest BCUT2D eigenvalue weighted by molar-refractivity contribution is 0.0785. The minimum atomic E-state index is -0.120. The molecular weight excluding hydrogens is 368 g/mol. The quantitative estimate of drug-likeness (QED) is 0.450. The Kier molecular flexibility index (Phi) is 3.84. The maximum Gasteiger partial charge on any atom is 0.253 e. The SMILES string of the molecule is CN(Cc1nc2ccccc2s1)C(=O)c1ccc2c(c1)C(=O)c1ccccc1-2. The molecule has 0 radical (unpaired) electrons. The number of para-hydroxylation sites is 1. The Hall–Kier alpha value is -3.31. The smallest absolute Gasteiger partial charge is 0.253 e. The van der Waals surface area contributed by atoms with Gasteiger partial charge in [0.05, 0.1) is 16.8 Å². The number of fused-ring (bicyclic) bond motifs is 4. The molecule has 0 saturated carbocycles. The summed E-state index contributed by atoms with van der Waals surface area (Å²) in [7, 11) is 1.76. The van der Waals surface area contributed by atoms with Gasteiger partial charge in [-0.2, -0.15) is 0 Å². The van der Waals surface area contributed by atoms with E-state index in [0.29, 0.717) is 23.2 Å². The molecule has 0 saturated heterocycles. The van der Waals surface area contributed by atoms with Gasteiger partial charge in [-0.15, -0.1) is 11.3 Å². The molecule has 4 nitrogen and oxygen atoms in total. The average Bonchev–Trinajstić information content (AvgIpc) is 3.26. The third-order valence-electron chi connectivity index (χ3n) is 5.03. The van der Waals surface area contributed by atoms with Crippen LogP contribution in [0.15, 0.2) is 66.7 Å². The molecule has 0 fully saturated rings. The van der Waals surface area contributed by atoms with Gasteiger partial charge in [0, 0.05) is 23.7 Å². The zero-order valence-electron chi connectivity index (χ0n) is 15.2. The first-order valence-corrected chi connectivity index (χ1v) is 9.81. The molecule has 0 bridgehead atoms. The lowest BCUT2D eigenvalue weighted by atomic mass is 10.0. The van der Waals surface area contributed by atoms with Crippen molar-refractivity contribution >= 4 is 33.2 Å². The highest BCUT2D eigenvalue weighted by atomic mass is 32.1. The highest BCUT2D eigenvalue weighted by Gasteiger charge is 2.27. The number of thiazole rings is 1. The second kappa shape index (κ2) is 6.39. The molecule has 1 heterocycles. The number of ketones is 1. The number of nitrogens with zero attached hydrogens (tertiary/aromatic N) is 2. The van der Waals surface area contributed by atoms with Crippen LogP contribution in [0.4, 0.5) is 0 Å². The number of hydrogen-bond acceptors (Lipinski definition) is 4. The molecular formula is C23H16N2O2S. The maximum atomic E-state index is 12.9. The van der Waals surface area contributed by atoms with Gasteiger partial charge in [-0.25, -0.2) is 4.98 Å². The van der Waals surface area contributed by atoms with Crippen molar-refractivity contribution < 1.29 is 9.59 Å². The van der Waals surface area contributed by atoms with Gasteiger partial charge >= 0.3 is 0 Å². The van der Waals surface area contributed by atoms with Crippen LogP contribution in [-0.2, 0) is 6.54 Å². The summed E-state index contributed by atoms with van der Waals surface area (Å²) >= 11 is 1.59. The first-order valence-electron chi connectivity index (χ1n) is 9.00. The summed E-state index contributed by atoms with van der Waals surface area (Å²) in [5, 5.41) is 0.890. The first-order chi connectivity index (χ1) is 13.6. The Balaban J connectivity index is 1.42. The average molecular weight is 384 g/mol. The van der Waals surface area contributed by atoms with E-state index in [1.807, 2.05) is 54.6 Å². The maximum absolute atomic E-state index is 12.9. The van der Waals surface area contributed by atoms with E-state index in [-0.39, 0.29) is 11.7 Å². The first kappa shape index (κ1) is 16.8. The minimum absolute atomic E-state index is 0.0194. The number of amides is 1. The molecule has 4 aromatic rings. The van der Waals surface area contributed by atoms with Crippen LogP contribution < -0.4 is 0 Å². The van der Waals surface area contributed by atoms with Crippen LogP contribution in [0, 0.1) is 0 Å². The fraction of sp³-hybridized carbons (Fsp3) is 0.0870. The van der Waals surface area contributed by atoms with Gasteiger partial charge in [-0.3, -0.25) is 9.59 Å². The van der Waals surface area contributed by atoms with Crippen molar-refractivity contribution in [2.75, 3.05) is 7.05 Å². The lowest BCUT2D eigenvalue weighted by Crippen LogP contribution is -2.26. The van der Waals surface area contributed by atoms with Gasteiger partial charge in [-0.05, 0) is 35.4 Å². The van der Waals surface area contributed by atoms with E-state index < -0.39 is 0 Å². The monoisotopic (exact) mass is 384 g/mol. The molecule has 0 spiro atoms. The van der Waals surface area contributed by atoms with Gasteiger partial charge in [-0.1, -0.05) is 42.5 Å². The van der Waals surface area contributed by atoms with E-state index in [0.717, 1.165) is 26.4 Å². The predicted molar refractivity (Wildman–Crippen MR) is 111 cm³/mol. The Morgan fingerprint density at radius 1 is 0.929 bits per heavy atom. The Morgan fingerprint density at radius 2 is 1.64 bits per heavy atom. The Labute approximate surface area is 166 Å². The van der Waals surface area contributed by atoms with Gasteiger partial charge in [0.2, 0.25) is 0 Å². The van der Waals surface area contributed by atoms with E-state index in [9.17, 15) is 9.59 Å². The zero-order chi connectivity index (χ0) is 19.3. The number of carbonyl (C=O) groups excluding carboxylic acids is 2. The Morgan fingerprint density at radius 3 is 2.46 bits per heavy atom. The van der Waals surface area contributed by atoms with Gasteiger partial charge in [0.1, 0.15) is 5.01 Å². The summed E-state index contributed by atoms with van der Waals surface area (Å²) in [4.78, 5) is 31.9. The molecule has 1 aromatic heterocycles. The molecule has 136 valence electrons. The normalized spacial score (nSPS) is 12.1. The molecule has 0 aliphatic heterocycles. The van der Waals surface area contributed by atoms with Gasteiger partial charge in [0.25, 0.3) is 5.91 Å². The minimum Gasteiger partial charge on any atom is -0.335 e. The predicted octanol–water partition coefficient (Wildman–Crippen LogP) is 4.78. The number of hydrogen-bond donors (Lipinski definition) is 0. The van der Waals surface area contributed by atoms with Crippen molar-refractivity contribution in [3.05, 3.63) is 88.4 Å². The third kappa shape index (κ3) is 2.63. The van der Waals surface area contributed by atoms with Crippen molar-refractivity contribution in [1.82, 2.24) is 9.88 Å². The summed E-state index contributed by atoms with van der Waals surface area (Å²) in [5.41, 5.74) is 4.59. The van der Waals surface area contributed by atoms with E-state index in [1.165, 1.54) is 0 Å². The topological polar surface area (TPSA) is 50.3 Å². The van der Waals surface area contributed by atoms with Crippen molar-refractivity contribution in [2.24, 2.45) is 0 Å².